The highest BCUT2D eigenvalue weighted by Gasteiger charge is 2.10. The first-order valence-electron chi connectivity index (χ1n) is 4.36. The normalized spacial score (nSPS) is 10.4. The second-order valence-corrected chi connectivity index (χ2v) is 3.91. The predicted octanol–water partition coefficient (Wildman–Crippen LogP) is 3.47. The van der Waals surface area contributed by atoms with E-state index in [2.05, 4.69) is 6.07 Å². The van der Waals surface area contributed by atoms with Crippen molar-refractivity contribution in [3.8, 4) is 6.07 Å². The number of aryl methyl sites for hydroxylation is 1. The Bertz CT molecular complexity index is 522. The first-order chi connectivity index (χ1) is 6.77. The van der Waals surface area contributed by atoms with E-state index in [0.29, 0.717) is 22.2 Å². The molecule has 0 saturated heterocycles. The molecule has 0 bridgehead atoms. The fraction of sp³-hybridized carbons (Fsp3) is 0.182. The summed E-state index contributed by atoms with van der Waals surface area (Å²) in [5, 5.41) is 11.2. The van der Waals surface area contributed by atoms with Gasteiger partial charge in [-0.15, -0.1) is 11.3 Å². The van der Waals surface area contributed by atoms with Gasteiger partial charge in [-0.3, -0.25) is 0 Å². The van der Waals surface area contributed by atoms with Gasteiger partial charge in [0.05, 0.1) is 10.3 Å². The predicted molar refractivity (Wildman–Crippen MR) is 55.9 cm³/mol. The average Bonchev–Trinajstić information content (AvgIpc) is 2.62. The summed E-state index contributed by atoms with van der Waals surface area (Å²) in [5.74, 6) is -0.170. The van der Waals surface area contributed by atoms with Gasteiger partial charge in [-0.05, 0) is 12.0 Å². The van der Waals surface area contributed by atoms with Gasteiger partial charge < -0.3 is 0 Å². The Morgan fingerprint density at radius 3 is 2.93 bits per heavy atom. The number of benzene rings is 1. The van der Waals surface area contributed by atoms with Crippen LogP contribution in [0.1, 0.15) is 18.1 Å². The van der Waals surface area contributed by atoms with Crippen molar-refractivity contribution in [3.63, 3.8) is 0 Å². The van der Waals surface area contributed by atoms with Crippen molar-refractivity contribution >= 4 is 21.4 Å². The molecule has 0 N–H and O–H groups in total. The number of halogens is 1. The smallest absolute Gasteiger partial charge is 0.144 e. The largest absolute Gasteiger partial charge is 0.205 e. The molecule has 0 aliphatic heterocycles. The van der Waals surface area contributed by atoms with Crippen LogP contribution in [-0.4, -0.2) is 0 Å². The van der Waals surface area contributed by atoms with Crippen molar-refractivity contribution in [2.45, 2.75) is 13.3 Å². The molecule has 2 rings (SSSR count). The molecular formula is C11H8FNS. The van der Waals surface area contributed by atoms with Crippen LogP contribution in [0.3, 0.4) is 0 Å². The van der Waals surface area contributed by atoms with Crippen LogP contribution in [0.4, 0.5) is 4.39 Å². The number of nitrogens with zero attached hydrogens (tertiary/aromatic N) is 1. The van der Waals surface area contributed by atoms with E-state index < -0.39 is 0 Å². The van der Waals surface area contributed by atoms with Crippen LogP contribution in [0.25, 0.3) is 10.1 Å². The summed E-state index contributed by atoms with van der Waals surface area (Å²) in [6.45, 7) is 1.92. The highest BCUT2D eigenvalue weighted by molar-refractivity contribution is 7.17. The topological polar surface area (TPSA) is 23.8 Å². The van der Waals surface area contributed by atoms with Crippen LogP contribution >= 0.6 is 11.3 Å². The van der Waals surface area contributed by atoms with Crippen LogP contribution < -0.4 is 0 Å². The third kappa shape index (κ3) is 1.19. The summed E-state index contributed by atoms with van der Waals surface area (Å²) in [6, 6.07) is 5.64. The number of hydrogen-bond donors (Lipinski definition) is 0. The van der Waals surface area contributed by atoms with Crippen molar-refractivity contribution < 1.29 is 4.39 Å². The fourth-order valence-electron chi connectivity index (χ4n) is 1.47. The lowest BCUT2D eigenvalue weighted by Crippen LogP contribution is -1.86. The molecule has 1 heterocycles. The number of hydrogen-bond acceptors (Lipinski definition) is 2. The highest BCUT2D eigenvalue weighted by atomic mass is 32.1. The summed E-state index contributed by atoms with van der Waals surface area (Å²) in [4.78, 5) is 0. The lowest BCUT2D eigenvalue weighted by molar-refractivity contribution is 0.626. The number of thiophene rings is 1. The molecule has 14 heavy (non-hydrogen) atoms. The van der Waals surface area contributed by atoms with Crippen LogP contribution in [0, 0.1) is 17.1 Å². The Hall–Kier alpha value is -1.40. The molecule has 1 aromatic heterocycles. The van der Waals surface area contributed by atoms with E-state index in [1.165, 1.54) is 11.3 Å². The highest BCUT2D eigenvalue weighted by Crippen LogP contribution is 2.29. The van der Waals surface area contributed by atoms with Crippen molar-refractivity contribution in [2.75, 3.05) is 0 Å². The third-order valence-corrected chi connectivity index (χ3v) is 3.25. The maximum absolute atomic E-state index is 13.7. The van der Waals surface area contributed by atoms with E-state index in [0.717, 1.165) is 5.39 Å². The minimum atomic E-state index is -0.170. The standard InChI is InChI=1S/C11H8FNS/c1-2-7-3-4-9-8(5-13)6-14-11(9)10(7)12/h3-4,6H,2H2,1H3. The van der Waals surface area contributed by atoms with Gasteiger partial charge in [0.1, 0.15) is 11.9 Å². The molecule has 0 spiro atoms. The Balaban J connectivity index is 2.80. The molecule has 0 atom stereocenters. The van der Waals surface area contributed by atoms with E-state index in [4.69, 9.17) is 5.26 Å². The Labute approximate surface area is 85.4 Å². The second-order valence-electron chi connectivity index (χ2n) is 3.03. The van der Waals surface area contributed by atoms with E-state index in [1.807, 2.05) is 13.0 Å². The molecular weight excluding hydrogens is 197 g/mol. The molecule has 1 aromatic carbocycles. The van der Waals surface area contributed by atoms with Gasteiger partial charge in [0.25, 0.3) is 0 Å². The number of rotatable bonds is 1. The molecule has 70 valence electrons. The minimum absolute atomic E-state index is 0.170. The quantitative estimate of drug-likeness (QED) is 0.699. The molecule has 0 aliphatic rings. The monoisotopic (exact) mass is 205 g/mol. The van der Waals surface area contributed by atoms with Gasteiger partial charge in [-0.2, -0.15) is 5.26 Å². The van der Waals surface area contributed by atoms with Crippen molar-refractivity contribution in [1.82, 2.24) is 0 Å². The SMILES string of the molecule is CCc1ccc2c(C#N)csc2c1F. The molecule has 0 radical (unpaired) electrons. The van der Waals surface area contributed by atoms with Gasteiger partial charge in [-0.25, -0.2) is 4.39 Å². The molecule has 0 fully saturated rings. The molecule has 0 unspecified atom stereocenters. The van der Waals surface area contributed by atoms with Crippen LogP contribution in [0.2, 0.25) is 0 Å². The minimum Gasteiger partial charge on any atom is -0.205 e. The zero-order valence-corrected chi connectivity index (χ0v) is 8.49. The first-order valence-corrected chi connectivity index (χ1v) is 5.24. The Kier molecular flexibility index (Phi) is 2.22. The van der Waals surface area contributed by atoms with Gasteiger partial charge in [0.2, 0.25) is 0 Å². The van der Waals surface area contributed by atoms with Gasteiger partial charge in [0.15, 0.2) is 0 Å². The van der Waals surface area contributed by atoms with Gasteiger partial charge in [0, 0.05) is 10.8 Å². The van der Waals surface area contributed by atoms with E-state index >= 15 is 0 Å². The van der Waals surface area contributed by atoms with Crippen LogP contribution in [0.5, 0.6) is 0 Å². The summed E-state index contributed by atoms with van der Waals surface area (Å²) >= 11 is 1.30. The van der Waals surface area contributed by atoms with Gasteiger partial charge >= 0.3 is 0 Å². The third-order valence-electron chi connectivity index (χ3n) is 2.26. The van der Waals surface area contributed by atoms with Crippen molar-refractivity contribution in [2.24, 2.45) is 0 Å². The maximum atomic E-state index is 13.7. The molecule has 1 nitrogen and oxygen atoms in total. The molecule has 2 aromatic rings. The molecule has 0 aliphatic carbocycles. The van der Waals surface area contributed by atoms with E-state index in [1.54, 1.807) is 11.4 Å². The van der Waals surface area contributed by atoms with Gasteiger partial charge in [-0.1, -0.05) is 19.1 Å². The zero-order valence-electron chi connectivity index (χ0n) is 7.67. The fourth-order valence-corrected chi connectivity index (χ4v) is 2.42. The Morgan fingerprint density at radius 1 is 1.50 bits per heavy atom. The summed E-state index contributed by atoms with van der Waals surface area (Å²) < 4.78 is 14.3. The van der Waals surface area contributed by atoms with E-state index in [-0.39, 0.29) is 5.82 Å². The van der Waals surface area contributed by atoms with Crippen molar-refractivity contribution in [1.29, 1.82) is 5.26 Å². The summed E-state index contributed by atoms with van der Waals surface area (Å²) in [6.07, 6.45) is 0.682. The average molecular weight is 205 g/mol. The molecule has 0 saturated carbocycles. The van der Waals surface area contributed by atoms with Crippen LogP contribution in [0.15, 0.2) is 17.5 Å². The van der Waals surface area contributed by atoms with Crippen molar-refractivity contribution in [3.05, 3.63) is 34.5 Å². The van der Waals surface area contributed by atoms with E-state index in [9.17, 15) is 4.39 Å². The lowest BCUT2D eigenvalue weighted by Gasteiger charge is -1.99. The van der Waals surface area contributed by atoms with Crippen LogP contribution in [-0.2, 0) is 6.42 Å². The molecule has 3 heteroatoms. The number of nitriles is 1. The first kappa shape index (κ1) is 9.17. The zero-order chi connectivity index (χ0) is 10.1. The summed E-state index contributed by atoms with van der Waals surface area (Å²) in [5.41, 5.74) is 1.27. The Morgan fingerprint density at radius 2 is 2.29 bits per heavy atom. The lowest BCUT2D eigenvalue weighted by atomic mass is 10.1. The molecule has 0 amide bonds. The maximum Gasteiger partial charge on any atom is 0.144 e. The second kappa shape index (κ2) is 3.39. The summed E-state index contributed by atoms with van der Waals surface area (Å²) in [7, 11) is 0. The number of fused-ring (bicyclic) bond motifs is 1.